The molecule has 0 aliphatic heterocycles. The fourth-order valence-electron chi connectivity index (χ4n) is 3.61. The number of ether oxygens (including phenoxy) is 4. The highest BCUT2D eigenvalue weighted by Crippen LogP contribution is 2.20. The zero-order chi connectivity index (χ0) is 24.3. The molecule has 0 fully saturated rings. The summed E-state index contributed by atoms with van der Waals surface area (Å²) < 4.78 is 22.6. The van der Waals surface area contributed by atoms with Crippen LogP contribution in [0.5, 0.6) is 11.5 Å². The van der Waals surface area contributed by atoms with Gasteiger partial charge < -0.3 is 30.0 Å². The van der Waals surface area contributed by atoms with Crippen molar-refractivity contribution in [3.05, 3.63) is 41.2 Å². The molecule has 8 heteroatoms. The summed E-state index contributed by atoms with van der Waals surface area (Å²) in [5.74, 6) is 1.73. The minimum Gasteiger partial charge on any atom is -0.493 e. The zero-order valence-corrected chi connectivity index (χ0v) is 21.1. The summed E-state index contributed by atoms with van der Waals surface area (Å²) >= 11 is 0. The fraction of sp³-hybridized carbons (Fsp3) is 0.654. The van der Waals surface area contributed by atoms with Gasteiger partial charge in [0.05, 0.1) is 45.3 Å². The van der Waals surface area contributed by atoms with Crippen LogP contribution < -0.4 is 20.5 Å². The Labute approximate surface area is 204 Å². The van der Waals surface area contributed by atoms with Crippen molar-refractivity contribution >= 4 is 0 Å². The molecule has 0 amide bonds. The van der Waals surface area contributed by atoms with Crippen LogP contribution in [0.15, 0.2) is 24.3 Å². The van der Waals surface area contributed by atoms with E-state index in [1.165, 1.54) is 24.8 Å². The van der Waals surface area contributed by atoms with E-state index in [2.05, 4.69) is 22.4 Å². The number of rotatable bonds is 21. The number of hydrogen-bond acceptors (Lipinski definition) is 7. The van der Waals surface area contributed by atoms with E-state index >= 15 is 0 Å². The monoisotopic (exact) mass is 476 g/mol. The number of aromatic nitrogens is 2. The van der Waals surface area contributed by atoms with Crippen LogP contribution in [0.3, 0.4) is 0 Å². The van der Waals surface area contributed by atoms with Gasteiger partial charge in [0.15, 0.2) is 0 Å². The predicted octanol–water partition coefficient (Wildman–Crippen LogP) is 3.56. The topological polar surface area (TPSA) is 104 Å². The Hall–Kier alpha value is -2.13. The number of aromatic amines is 1. The summed E-state index contributed by atoms with van der Waals surface area (Å²) in [6.07, 6.45) is 6.51. The fourth-order valence-corrected chi connectivity index (χ4v) is 3.61. The Morgan fingerprint density at radius 1 is 0.824 bits per heavy atom. The summed E-state index contributed by atoms with van der Waals surface area (Å²) in [6.45, 7) is 10.5. The molecular weight excluding hydrogens is 432 g/mol. The quantitative estimate of drug-likeness (QED) is 0.237. The SMILES string of the molecule is Cc1n[nH]c(C)c1CCCOc1cccc(OCCCCCCNCCOCCOCCN)c1. The van der Waals surface area contributed by atoms with Crippen LogP contribution in [-0.2, 0) is 15.9 Å². The average molecular weight is 477 g/mol. The first-order valence-corrected chi connectivity index (χ1v) is 12.6. The molecular formula is C26H44N4O4. The van der Waals surface area contributed by atoms with Gasteiger partial charge in [-0.1, -0.05) is 18.9 Å². The Morgan fingerprint density at radius 3 is 2.24 bits per heavy atom. The predicted molar refractivity (Wildman–Crippen MR) is 136 cm³/mol. The minimum absolute atomic E-state index is 0.559. The number of hydrogen-bond donors (Lipinski definition) is 3. The summed E-state index contributed by atoms with van der Waals surface area (Å²) in [5, 5.41) is 10.7. The normalized spacial score (nSPS) is 11.1. The summed E-state index contributed by atoms with van der Waals surface area (Å²) in [7, 11) is 0. The van der Waals surface area contributed by atoms with Crippen LogP contribution in [0.1, 0.15) is 49.1 Å². The molecule has 2 rings (SSSR count). The van der Waals surface area contributed by atoms with Crippen molar-refractivity contribution in [1.82, 2.24) is 15.5 Å². The maximum absolute atomic E-state index is 5.92. The number of unbranched alkanes of at least 4 members (excludes halogenated alkanes) is 3. The smallest absolute Gasteiger partial charge is 0.122 e. The molecule has 0 aliphatic carbocycles. The molecule has 0 spiro atoms. The molecule has 4 N–H and O–H groups in total. The molecule has 0 bridgehead atoms. The molecule has 8 nitrogen and oxygen atoms in total. The van der Waals surface area contributed by atoms with E-state index < -0.39 is 0 Å². The van der Waals surface area contributed by atoms with Gasteiger partial charge in [0.25, 0.3) is 0 Å². The van der Waals surface area contributed by atoms with Gasteiger partial charge in [-0.2, -0.15) is 5.10 Å². The van der Waals surface area contributed by atoms with E-state index in [0.717, 1.165) is 61.8 Å². The van der Waals surface area contributed by atoms with Gasteiger partial charge in [-0.25, -0.2) is 0 Å². The van der Waals surface area contributed by atoms with Crippen molar-refractivity contribution in [3.8, 4) is 11.5 Å². The van der Waals surface area contributed by atoms with Gasteiger partial charge in [0, 0.05) is 24.8 Å². The van der Waals surface area contributed by atoms with Crippen molar-refractivity contribution in [2.75, 3.05) is 59.3 Å². The second kappa shape index (κ2) is 18.2. The van der Waals surface area contributed by atoms with E-state index in [1.807, 2.05) is 31.2 Å². The number of nitrogens with two attached hydrogens (primary N) is 1. The minimum atomic E-state index is 0.559. The van der Waals surface area contributed by atoms with Crippen LogP contribution in [0, 0.1) is 13.8 Å². The molecule has 34 heavy (non-hydrogen) atoms. The van der Waals surface area contributed by atoms with Gasteiger partial charge >= 0.3 is 0 Å². The zero-order valence-electron chi connectivity index (χ0n) is 21.1. The number of H-pyrrole nitrogens is 1. The van der Waals surface area contributed by atoms with E-state index in [0.29, 0.717) is 39.6 Å². The van der Waals surface area contributed by atoms with Crippen LogP contribution in [-0.4, -0.2) is 69.5 Å². The van der Waals surface area contributed by atoms with Crippen molar-refractivity contribution in [2.45, 2.75) is 52.4 Å². The molecule has 2 aromatic rings. The van der Waals surface area contributed by atoms with Gasteiger partial charge in [0.1, 0.15) is 11.5 Å². The standard InChI is InChI=1S/C26H44N4O4/c1-22-26(23(2)30-29-22)11-8-16-34-25-10-7-9-24(21-25)33-15-6-4-3-5-13-28-14-18-32-20-19-31-17-12-27/h7,9-10,21,28H,3-6,8,11-20,27H2,1-2H3,(H,29,30). The highest BCUT2D eigenvalue weighted by atomic mass is 16.5. The Kier molecular flexibility index (Phi) is 15.1. The van der Waals surface area contributed by atoms with Crippen molar-refractivity contribution in [1.29, 1.82) is 0 Å². The van der Waals surface area contributed by atoms with Gasteiger partial charge in [-0.15, -0.1) is 0 Å². The number of nitrogens with one attached hydrogen (secondary N) is 2. The molecule has 0 saturated carbocycles. The van der Waals surface area contributed by atoms with E-state index in [1.54, 1.807) is 0 Å². The Balaban J connectivity index is 1.42. The third kappa shape index (κ3) is 12.4. The molecule has 0 unspecified atom stereocenters. The molecule has 1 heterocycles. The first kappa shape index (κ1) is 28.1. The molecule has 0 radical (unpaired) electrons. The maximum atomic E-state index is 5.92. The molecule has 1 aromatic heterocycles. The molecule has 0 aliphatic rings. The van der Waals surface area contributed by atoms with Crippen LogP contribution in [0.2, 0.25) is 0 Å². The highest BCUT2D eigenvalue weighted by Gasteiger charge is 2.06. The van der Waals surface area contributed by atoms with Gasteiger partial charge in [-0.3, -0.25) is 5.10 Å². The van der Waals surface area contributed by atoms with Gasteiger partial charge in [-0.05, 0) is 63.8 Å². The number of benzene rings is 1. The molecule has 1 aromatic carbocycles. The maximum Gasteiger partial charge on any atom is 0.122 e. The molecule has 192 valence electrons. The largest absolute Gasteiger partial charge is 0.493 e. The summed E-state index contributed by atoms with van der Waals surface area (Å²) in [5.41, 5.74) is 8.88. The summed E-state index contributed by atoms with van der Waals surface area (Å²) in [6, 6.07) is 7.93. The lowest BCUT2D eigenvalue weighted by Gasteiger charge is -2.10. The third-order valence-corrected chi connectivity index (χ3v) is 5.50. The lowest BCUT2D eigenvalue weighted by Crippen LogP contribution is -2.22. The van der Waals surface area contributed by atoms with E-state index in [9.17, 15) is 0 Å². The van der Waals surface area contributed by atoms with Gasteiger partial charge in [0.2, 0.25) is 0 Å². The lowest BCUT2D eigenvalue weighted by atomic mass is 10.1. The van der Waals surface area contributed by atoms with E-state index in [4.69, 9.17) is 24.7 Å². The Morgan fingerprint density at radius 2 is 1.53 bits per heavy atom. The van der Waals surface area contributed by atoms with Crippen LogP contribution in [0.4, 0.5) is 0 Å². The first-order valence-electron chi connectivity index (χ1n) is 12.6. The van der Waals surface area contributed by atoms with Crippen molar-refractivity contribution < 1.29 is 18.9 Å². The Bertz CT molecular complexity index is 750. The van der Waals surface area contributed by atoms with Crippen molar-refractivity contribution in [3.63, 3.8) is 0 Å². The van der Waals surface area contributed by atoms with Crippen LogP contribution in [0.25, 0.3) is 0 Å². The average Bonchev–Trinajstić information content (AvgIpc) is 3.16. The third-order valence-electron chi connectivity index (χ3n) is 5.50. The second-order valence-electron chi connectivity index (χ2n) is 8.37. The lowest BCUT2D eigenvalue weighted by molar-refractivity contribution is 0.0519. The first-order chi connectivity index (χ1) is 16.7. The highest BCUT2D eigenvalue weighted by molar-refractivity contribution is 5.33. The molecule has 0 saturated heterocycles. The van der Waals surface area contributed by atoms with Crippen LogP contribution >= 0.6 is 0 Å². The van der Waals surface area contributed by atoms with E-state index in [-0.39, 0.29) is 0 Å². The number of aryl methyl sites for hydroxylation is 2. The van der Waals surface area contributed by atoms with Crippen molar-refractivity contribution in [2.24, 2.45) is 5.73 Å². The molecule has 0 atom stereocenters. The number of nitrogens with zero attached hydrogens (tertiary/aromatic N) is 1. The summed E-state index contributed by atoms with van der Waals surface area (Å²) in [4.78, 5) is 0. The second-order valence-corrected chi connectivity index (χ2v) is 8.37.